The molecule has 0 spiro atoms. The van der Waals surface area contributed by atoms with Crippen molar-refractivity contribution in [1.29, 1.82) is 0 Å². The van der Waals surface area contributed by atoms with Crippen LogP contribution >= 0.6 is 0 Å². The van der Waals surface area contributed by atoms with Gasteiger partial charge in [0.2, 0.25) is 5.91 Å². The summed E-state index contributed by atoms with van der Waals surface area (Å²) >= 11 is 0. The van der Waals surface area contributed by atoms with Crippen molar-refractivity contribution in [3.63, 3.8) is 0 Å². The Bertz CT molecular complexity index is 2620. The van der Waals surface area contributed by atoms with Crippen molar-refractivity contribution in [3.8, 4) is 0 Å². The molecule has 12 N–H and O–H groups in total. The highest BCUT2D eigenvalue weighted by Crippen LogP contribution is 2.33. The zero-order valence-corrected chi connectivity index (χ0v) is 68.1. The van der Waals surface area contributed by atoms with Crippen LogP contribution in [0.1, 0.15) is 284 Å². The third-order valence-corrected chi connectivity index (χ3v) is 20.3. The summed E-state index contributed by atoms with van der Waals surface area (Å²) in [6.07, 6.45) is 76.6. The molecule has 3 saturated heterocycles. The van der Waals surface area contributed by atoms with Crippen LogP contribution in [-0.4, -0.2) is 193 Å². The average Bonchev–Trinajstić information content (AvgIpc) is 0.780. The molecule has 111 heavy (non-hydrogen) atoms. The van der Waals surface area contributed by atoms with E-state index >= 15 is 0 Å². The summed E-state index contributed by atoms with van der Waals surface area (Å²) < 4.78 is 34.5. The predicted octanol–water partition coefficient (Wildman–Crippen LogP) is 16.0. The Labute approximate surface area is 669 Å². The van der Waals surface area contributed by atoms with Gasteiger partial charge in [0.1, 0.15) is 73.2 Å². The first-order valence-corrected chi connectivity index (χ1v) is 43.2. The fourth-order valence-corrected chi connectivity index (χ4v) is 13.5. The predicted molar refractivity (Wildman–Crippen MR) is 447 cm³/mol. The first kappa shape index (κ1) is 101. The number of carbonyl (C=O) groups excluding carboxylic acids is 1. The van der Waals surface area contributed by atoms with Gasteiger partial charge in [0, 0.05) is 6.42 Å². The van der Waals surface area contributed by atoms with Crippen LogP contribution in [-0.2, 0) is 33.2 Å². The van der Waals surface area contributed by atoms with E-state index < -0.39 is 124 Å². The number of amides is 1. The molecule has 3 heterocycles. The molecule has 3 fully saturated rings. The van der Waals surface area contributed by atoms with Gasteiger partial charge in [-0.2, -0.15) is 0 Å². The van der Waals surface area contributed by atoms with E-state index in [0.29, 0.717) is 6.42 Å². The average molecular weight is 1560 g/mol. The van der Waals surface area contributed by atoms with Crippen LogP contribution in [0, 0.1) is 0 Å². The molecule has 17 atom stereocenters. The summed E-state index contributed by atoms with van der Waals surface area (Å²) in [5, 5.41) is 121. The molecule has 19 nitrogen and oxygen atoms in total. The van der Waals surface area contributed by atoms with Crippen molar-refractivity contribution in [3.05, 3.63) is 158 Å². The van der Waals surface area contributed by atoms with Gasteiger partial charge in [-0.1, -0.05) is 326 Å². The number of carbonyl (C=O) groups is 1. The number of ether oxygens (including phenoxy) is 6. The summed E-state index contributed by atoms with van der Waals surface area (Å²) in [7, 11) is 0. The molecule has 0 aliphatic carbocycles. The summed E-state index contributed by atoms with van der Waals surface area (Å²) in [4.78, 5) is 13.5. The van der Waals surface area contributed by atoms with Crippen LogP contribution in [0.5, 0.6) is 0 Å². The highest BCUT2D eigenvalue weighted by molar-refractivity contribution is 5.76. The number of allylic oxidation sites excluding steroid dienone is 25. The molecule has 3 rings (SSSR count). The van der Waals surface area contributed by atoms with Gasteiger partial charge in [-0.3, -0.25) is 4.79 Å². The molecule has 0 aromatic carbocycles. The quantitative estimate of drug-likeness (QED) is 0.0199. The number of aliphatic hydroxyl groups excluding tert-OH is 11. The van der Waals surface area contributed by atoms with Gasteiger partial charge in [-0.25, -0.2) is 0 Å². The molecule has 0 aromatic rings. The van der Waals surface area contributed by atoms with E-state index in [1.165, 1.54) is 141 Å². The second-order valence-electron chi connectivity index (χ2n) is 29.9. The zero-order chi connectivity index (χ0) is 80.3. The van der Waals surface area contributed by atoms with Gasteiger partial charge in [-0.05, 0) is 109 Å². The standard InChI is InChI=1S/C92H153NO18/c1-3-5-7-9-11-13-15-17-19-21-23-25-27-29-31-32-33-34-35-36-37-38-39-40-41-42-44-46-48-50-52-54-56-58-60-62-64-66-68-70-80(98)93-75(76(97)69-67-65-63-61-59-57-55-53-51-49-47-45-43-30-28-26-24-22-20-18-16-14-12-10-8-6-4-2)74-106-90-86(104)83(101)88(78(72-95)108-90)111-92-87(105)84(102)89(79(73-96)109-92)110-91-85(103)82(100)81(99)77(71-94)107-91/h5,7,11,13,17,19,23,25,29,31,33-34,36-37,39-40,42,44,48,50,54,56,60,62,67,69,75-79,81-92,94-97,99-105H,3-4,6,8-10,12,14-16,18,20-22,24,26-28,30,32,35,38,41,43,45-47,49,51-53,55,57-59,61,63-66,68,70-74H2,1-2H3,(H,93,98)/b7-5-,13-11-,19-17-,25-23-,31-29-,34-33-,37-36-,40-39-,44-42-,50-48-,56-54-,62-60-,69-67+. The molecular weight excluding hydrogens is 1410 g/mol. The van der Waals surface area contributed by atoms with Gasteiger partial charge >= 0.3 is 0 Å². The Morgan fingerprint density at radius 2 is 0.622 bits per heavy atom. The normalized spacial score (nSPS) is 25.9. The minimum absolute atomic E-state index is 0.178. The van der Waals surface area contributed by atoms with Gasteiger partial charge in [0.15, 0.2) is 18.9 Å². The van der Waals surface area contributed by atoms with Gasteiger partial charge in [-0.15, -0.1) is 0 Å². The molecule has 1 amide bonds. The molecule has 634 valence electrons. The maximum absolute atomic E-state index is 13.5. The monoisotopic (exact) mass is 1560 g/mol. The maximum Gasteiger partial charge on any atom is 0.220 e. The first-order valence-electron chi connectivity index (χ1n) is 43.2. The minimum Gasteiger partial charge on any atom is -0.394 e. The molecular formula is C92H153NO18. The molecule has 0 radical (unpaired) electrons. The van der Waals surface area contributed by atoms with Crippen molar-refractivity contribution in [2.24, 2.45) is 0 Å². The van der Waals surface area contributed by atoms with Crippen molar-refractivity contribution in [1.82, 2.24) is 5.32 Å². The highest BCUT2D eigenvalue weighted by atomic mass is 16.8. The maximum atomic E-state index is 13.5. The highest BCUT2D eigenvalue weighted by Gasteiger charge is 2.54. The number of nitrogens with one attached hydrogen (secondary N) is 1. The third-order valence-electron chi connectivity index (χ3n) is 20.3. The van der Waals surface area contributed by atoms with E-state index in [1.54, 1.807) is 6.08 Å². The first-order chi connectivity index (χ1) is 54.3. The fourth-order valence-electron chi connectivity index (χ4n) is 13.5. The molecule has 0 aromatic heterocycles. The third kappa shape index (κ3) is 48.5. The van der Waals surface area contributed by atoms with Crippen LogP contribution in [0.25, 0.3) is 0 Å². The van der Waals surface area contributed by atoms with Crippen LogP contribution in [0.15, 0.2) is 158 Å². The molecule has 3 aliphatic heterocycles. The molecule has 19 heteroatoms. The number of rotatable bonds is 67. The topological polar surface area (TPSA) is 307 Å². The fraction of sp³-hybridized carbons (Fsp3) is 0.707. The Kier molecular flexibility index (Phi) is 63.2. The van der Waals surface area contributed by atoms with Crippen molar-refractivity contribution in [2.45, 2.75) is 388 Å². The second-order valence-corrected chi connectivity index (χ2v) is 29.9. The summed E-state index contributed by atoms with van der Waals surface area (Å²) in [6, 6.07) is -1.01. The Hall–Kier alpha value is -4.59. The van der Waals surface area contributed by atoms with E-state index in [-0.39, 0.29) is 18.9 Å². The van der Waals surface area contributed by atoms with Crippen molar-refractivity contribution >= 4 is 5.91 Å². The lowest BCUT2D eigenvalue weighted by Gasteiger charge is -2.48. The minimum atomic E-state index is -1.99. The lowest BCUT2D eigenvalue weighted by Crippen LogP contribution is -2.66. The smallest absolute Gasteiger partial charge is 0.220 e. The molecule has 0 saturated carbocycles. The zero-order valence-electron chi connectivity index (χ0n) is 68.1. The second kappa shape index (κ2) is 69.7. The van der Waals surface area contributed by atoms with Crippen LogP contribution in [0.3, 0.4) is 0 Å². The van der Waals surface area contributed by atoms with Crippen LogP contribution in [0.4, 0.5) is 0 Å². The summed E-state index contributed by atoms with van der Waals surface area (Å²) in [5.41, 5.74) is 0. The number of hydrogen-bond acceptors (Lipinski definition) is 18. The molecule has 0 bridgehead atoms. The van der Waals surface area contributed by atoms with Crippen LogP contribution < -0.4 is 5.32 Å². The largest absolute Gasteiger partial charge is 0.394 e. The molecule has 17 unspecified atom stereocenters. The van der Waals surface area contributed by atoms with E-state index in [2.05, 4.69) is 165 Å². The van der Waals surface area contributed by atoms with E-state index in [1.807, 2.05) is 6.08 Å². The van der Waals surface area contributed by atoms with E-state index in [4.69, 9.17) is 28.4 Å². The summed E-state index contributed by atoms with van der Waals surface area (Å²) in [5.74, 6) is -0.321. The summed E-state index contributed by atoms with van der Waals surface area (Å²) in [6.45, 7) is 1.60. The SMILES string of the molecule is CC/C=C\C/C=C\C/C=C\C/C=C\C/C=C\C/C=C\C/C=C\C/C=C\C/C=C\C/C=C\C/C=C\C/C=C\CCCCC(=O)NC(COC1OC(CO)C(OC2OC(CO)C(OC3OC(CO)C(O)C(O)C3O)C(O)C2O)C(O)C1O)C(O)/C=C/CCCCCCCCCCCCCCCCCCCCCCCCCCC. The van der Waals surface area contributed by atoms with Gasteiger partial charge in [0.05, 0.1) is 38.6 Å². The molecule has 3 aliphatic rings. The van der Waals surface area contributed by atoms with E-state index in [9.17, 15) is 61.0 Å². The van der Waals surface area contributed by atoms with E-state index in [0.717, 1.165) is 116 Å². The Balaban J connectivity index is 1.38. The van der Waals surface area contributed by atoms with Crippen LogP contribution in [0.2, 0.25) is 0 Å². The van der Waals surface area contributed by atoms with Crippen molar-refractivity contribution < 1.29 is 89.4 Å². The lowest BCUT2D eigenvalue weighted by atomic mass is 9.96. The Morgan fingerprint density at radius 3 is 0.973 bits per heavy atom. The lowest BCUT2D eigenvalue weighted by molar-refractivity contribution is -0.379. The van der Waals surface area contributed by atoms with Crippen molar-refractivity contribution in [2.75, 3.05) is 26.4 Å². The van der Waals surface area contributed by atoms with Gasteiger partial charge in [0.25, 0.3) is 0 Å². The van der Waals surface area contributed by atoms with Gasteiger partial charge < -0.3 is 89.9 Å². The number of unbranched alkanes of at least 4 members (excludes halogenated alkanes) is 27. The number of hydrogen-bond donors (Lipinski definition) is 12. The number of aliphatic hydroxyl groups is 11. The Morgan fingerprint density at radius 1 is 0.333 bits per heavy atom.